The van der Waals surface area contributed by atoms with Crippen LogP contribution in [0.1, 0.15) is 27.8 Å². The number of nitrogens with zero attached hydrogens (tertiary/aromatic N) is 3. The van der Waals surface area contributed by atoms with E-state index in [9.17, 15) is 0 Å². The predicted molar refractivity (Wildman–Crippen MR) is 253 cm³/mol. The van der Waals surface area contributed by atoms with E-state index in [2.05, 4.69) is 218 Å². The Morgan fingerprint density at radius 3 is 1.42 bits per heavy atom. The zero-order chi connectivity index (χ0) is 41.2. The lowest BCUT2D eigenvalue weighted by Crippen LogP contribution is -2.25. The maximum atomic E-state index is 5.43. The standard InChI is InChI=1S/C59H39N3/c1-38-37-60-33-32-43(38)46-22-10-8-21-45(46)41-28-30-54-50(34-41)51-35-42(29-31-55(51)59(54)52-26-14-12-23-47(52)48-24-13-15-27-53(48)59)57-36-56(40-18-6-3-7-19-40)61-58(62-57)49-25-11-9-20-44(49)39-16-4-2-5-17-39/h2-37H,1H3. The van der Waals surface area contributed by atoms with Crippen molar-refractivity contribution in [1.82, 2.24) is 15.0 Å². The van der Waals surface area contributed by atoms with E-state index in [1.165, 1.54) is 66.8 Å². The van der Waals surface area contributed by atoms with E-state index in [4.69, 9.17) is 9.97 Å². The topological polar surface area (TPSA) is 38.7 Å². The highest BCUT2D eigenvalue weighted by Gasteiger charge is 2.51. The Morgan fingerprint density at radius 2 is 0.790 bits per heavy atom. The number of fused-ring (bicyclic) bond motifs is 10. The highest BCUT2D eigenvalue weighted by Crippen LogP contribution is 2.63. The van der Waals surface area contributed by atoms with Gasteiger partial charge in [-0.15, -0.1) is 0 Å². The van der Waals surface area contributed by atoms with E-state index in [-0.39, 0.29) is 0 Å². The van der Waals surface area contributed by atoms with Crippen molar-refractivity contribution in [2.45, 2.75) is 12.3 Å². The molecule has 290 valence electrons. The third-order valence-electron chi connectivity index (χ3n) is 13.0. The third-order valence-corrected chi connectivity index (χ3v) is 13.0. The molecule has 2 aliphatic rings. The fraction of sp³-hybridized carbons (Fsp3) is 0.0339. The van der Waals surface area contributed by atoms with Crippen LogP contribution in [0.4, 0.5) is 0 Å². The molecular weight excluding hydrogens is 751 g/mol. The molecule has 2 aromatic heterocycles. The van der Waals surface area contributed by atoms with E-state index in [0.717, 1.165) is 44.8 Å². The monoisotopic (exact) mass is 789 g/mol. The number of hydrogen-bond acceptors (Lipinski definition) is 3. The second-order valence-electron chi connectivity index (χ2n) is 16.3. The maximum absolute atomic E-state index is 5.43. The van der Waals surface area contributed by atoms with E-state index in [1.807, 2.05) is 12.4 Å². The van der Waals surface area contributed by atoms with Gasteiger partial charge in [-0.3, -0.25) is 4.98 Å². The number of benzene rings is 8. The van der Waals surface area contributed by atoms with Gasteiger partial charge in [-0.05, 0) is 115 Å². The van der Waals surface area contributed by atoms with Gasteiger partial charge in [-0.2, -0.15) is 0 Å². The minimum Gasteiger partial charge on any atom is -0.264 e. The van der Waals surface area contributed by atoms with Crippen LogP contribution in [0, 0.1) is 6.92 Å². The molecule has 62 heavy (non-hydrogen) atoms. The summed E-state index contributed by atoms with van der Waals surface area (Å²) in [4.78, 5) is 15.1. The van der Waals surface area contributed by atoms with Gasteiger partial charge in [0, 0.05) is 29.1 Å². The summed E-state index contributed by atoms with van der Waals surface area (Å²) in [6.07, 6.45) is 3.84. The molecule has 3 heteroatoms. The van der Waals surface area contributed by atoms with Crippen LogP contribution in [-0.4, -0.2) is 15.0 Å². The minimum atomic E-state index is -0.475. The molecule has 0 unspecified atom stereocenters. The summed E-state index contributed by atoms with van der Waals surface area (Å²) < 4.78 is 0. The quantitative estimate of drug-likeness (QED) is 0.168. The van der Waals surface area contributed by atoms with Crippen molar-refractivity contribution < 1.29 is 0 Å². The molecule has 0 amide bonds. The van der Waals surface area contributed by atoms with Gasteiger partial charge in [0.2, 0.25) is 0 Å². The molecule has 3 nitrogen and oxygen atoms in total. The Balaban J connectivity index is 1.11. The molecule has 0 fully saturated rings. The van der Waals surface area contributed by atoms with Crippen LogP contribution in [-0.2, 0) is 5.41 Å². The minimum absolute atomic E-state index is 0.475. The van der Waals surface area contributed by atoms with E-state index in [1.54, 1.807) is 0 Å². The summed E-state index contributed by atoms with van der Waals surface area (Å²) >= 11 is 0. The molecule has 0 aliphatic heterocycles. The summed E-state index contributed by atoms with van der Waals surface area (Å²) in [6, 6.07) is 74.7. The number of aryl methyl sites for hydroxylation is 1. The van der Waals surface area contributed by atoms with Crippen molar-refractivity contribution in [3.8, 4) is 89.5 Å². The van der Waals surface area contributed by atoms with Gasteiger partial charge in [-0.25, -0.2) is 9.97 Å². The Morgan fingerprint density at radius 1 is 0.323 bits per heavy atom. The summed E-state index contributed by atoms with van der Waals surface area (Å²) in [6.45, 7) is 2.14. The number of pyridine rings is 1. The van der Waals surface area contributed by atoms with Crippen molar-refractivity contribution in [1.29, 1.82) is 0 Å². The van der Waals surface area contributed by atoms with E-state index in [0.29, 0.717) is 5.82 Å². The Bertz CT molecular complexity index is 3320. The Kier molecular flexibility index (Phi) is 8.29. The van der Waals surface area contributed by atoms with Gasteiger partial charge in [-0.1, -0.05) is 182 Å². The van der Waals surface area contributed by atoms with Crippen molar-refractivity contribution in [3.05, 3.63) is 246 Å². The van der Waals surface area contributed by atoms with Gasteiger partial charge in [0.25, 0.3) is 0 Å². The Hall–Kier alpha value is -8.01. The van der Waals surface area contributed by atoms with E-state index >= 15 is 0 Å². The van der Waals surface area contributed by atoms with E-state index < -0.39 is 5.41 Å². The molecular formula is C59H39N3. The van der Waals surface area contributed by atoms with Crippen molar-refractivity contribution in [2.75, 3.05) is 0 Å². The molecule has 1 spiro atoms. The molecule has 0 atom stereocenters. The third kappa shape index (κ3) is 5.48. The van der Waals surface area contributed by atoms with Gasteiger partial charge < -0.3 is 0 Å². The van der Waals surface area contributed by atoms with Gasteiger partial charge in [0.05, 0.1) is 16.8 Å². The highest BCUT2D eigenvalue weighted by molar-refractivity contribution is 5.98. The zero-order valence-corrected chi connectivity index (χ0v) is 34.1. The largest absolute Gasteiger partial charge is 0.264 e. The molecule has 2 aliphatic carbocycles. The molecule has 8 aromatic carbocycles. The summed E-state index contributed by atoms with van der Waals surface area (Å²) in [5.74, 6) is 0.696. The summed E-state index contributed by atoms with van der Waals surface area (Å²) in [7, 11) is 0. The number of rotatable bonds is 6. The first-order valence-corrected chi connectivity index (χ1v) is 21.3. The van der Waals surface area contributed by atoms with Crippen LogP contribution >= 0.6 is 0 Å². The van der Waals surface area contributed by atoms with Crippen LogP contribution in [0.2, 0.25) is 0 Å². The predicted octanol–water partition coefficient (Wildman–Crippen LogP) is 14.5. The second-order valence-corrected chi connectivity index (χ2v) is 16.3. The summed E-state index contributed by atoms with van der Waals surface area (Å²) in [5, 5.41) is 0. The van der Waals surface area contributed by atoms with Crippen molar-refractivity contribution in [3.63, 3.8) is 0 Å². The molecule has 0 saturated carbocycles. The highest BCUT2D eigenvalue weighted by atomic mass is 14.9. The Labute approximate surface area is 361 Å². The average molecular weight is 790 g/mol. The fourth-order valence-corrected chi connectivity index (χ4v) is 10.2. The maximum Gasteiger partial charge on any atom is 0.161 e. The molecule has 2 heterocycles. The van der Waals surface area contributed by atoms with Crippen molar-refractivity contribution >= 4 is 0 Å². The van der Waals surface area contributed by atoms with Crippen LogP contribution in [0.5, 0.6) is 0 Å². The molecule has 12 rings (SSSR count). The lowest BCUT2D eigenvalue weighted by Gasteiger charge is -2.30. The average Bonchev–Trinajstić information content (AvgIpc) is 3.81. The first kappa shape index (κ1) is 35.9. The van der Waals surface area contributed by atoms with Crippen LogP contribution in [0.15, 0.2) is 219 Å². The molecule has 0 N–H and O–H groups in total. The SMILES string of the molecule is Cc1cnccc1-c1ccccc1-c1ccc2c(c1)-c1cc(-c3cc(-c4ccccc4)nc(-c4ccccc4-c4ccccc4)n3)ccc1C21c2ccccc2-c2ccccc21. The zero-order valence-electron chi connectivity index (χ0n) is 34.1. The van der Waals surface area contributed by atoms with Crippen LogP contribution < -0.4 is 0 Å². The van der Waals surface area contributed by atoms with Crippen LogP contribution in [0.3, 0.4) is 0 Å². The normalized spacial score (nSPS) is 12.7. The second kappa shape index (κ2) is 14.3. The van der Waals surface area contributed by atoms with Gasteiger partial charge in [0.1, 0.15) is 0 Å². The number of hydrogen-bond donors (Lipinski definition) is 0. The van der Waals surface area contributed by atoms with Gasteiger partial charge >= 0.3 is 0 Å². The molecule has 10 aromatic rings. The van der Waals surface area contributed by atoms with Gasteiger partial charge in [0.15, 0.2) is 5.82 Å². The van der Waals surface area contributed by atoms with Crippen molar-refractivity contribution in [2.24, 2.45) is 0 Å². The smallest absolute Gasteiger partial charge is 0.161 e. The fourth-order valence-electron chi connectivity index (χ4n) is 10.2. The van der Waals surface area contributed by atoms with Crippen LogP contribution in [0.25, 0.3) is 89.5 Å². The lowest BCUT2D eigenvalue weighted by molar-refractivity contribution is 0.794. The lowest BCUT2D eigenvalue weighted by atomic mass is 9.70. The molecule has 0 radical (unpaired) electrons. The molecule has 0 bridgehead atoms. The molecule has 0 saturated heterocycles. The first-order valence-electron chi connectivity index (χ1n) is 21.3. The summed E-state index contributed by atoms with van der Waals surface area (Å²) in [5.41, 5.74) is 22.8. The first-order chi connectivity index (χ1) is 30.7. The number of aromatic nitrogens is 3.